The van der Waals surface area contributed by atoms with Gasteiger partial charge in [-0.2, -0.15) is 0 Å². The number of methoxy groups -OCH3 is 1. The first-order chi connectivity index (χ1) is 13.5. The van der Waals surface area contributed by atoms with Crippen molar-refractivity contribution in [3.05, 3.63) is 71.0 Å². The molecular formula is C22H24N4O2. The molecule has 0 bridgehead atoms. The number of carbonyl (C=O) groups is 1. The summed E-state index contributed by atoms with van der Waals surface area (Å²) in [5.41, 5.74) is 4.70. The first-order valence-corrected chi connectivity index (χ1v) is 9.16. The molecule has 3 aromatic rings. The fourth-order valence-corrected chi connectivity index (χ4v) is 2.92. The normalized spacial score (nSPS) is 10.4. The van der Waals surface area contributed by atoms with Gasteiger partial charge < -0.3 is 15.4 Å². The van der Waals surface area contributed by atoms with E-state index in [0.29, 0.717) is 23.1 Å². The second kappa shape index (κ2) is 8.52. The smallest absolute Gasteiger partial charge is 0.274 e. The lowest BCUT2D eigenvalue weighted by molar-refractivity contribution is 0.102. The number of anilines is 3. The number of para-hydroxylation sites is 1. The van der Waals surface area contributed by atoms with Crippen molar-refractivity contribution in [2.45, 2.75) is 27.2 Å². The summed E-state index contributed by atoms with van der Waals surface area (Å²) >= 11 is 0. The molecule has 0 aliphatic rings. The van der Waals surface area contributed by atoms with E-state index in [9.17, 15) is 4.79 Å². The molecule has 0 fully saturated rings. The molecule has 2 N–H and O–H groups in total. The number of ether oxygens (including phenoxy) is 1. The number of benzene rings is 2. The van der Waals surface area contributed by atoms with E-state index in [-0.39, 0.29) is 11.6 Å². The van der Waals surface area contributed by atoms with Crippen molar-refractivity contribution < 1.29 is 9.53 Å². The van der Waals surface area contributed by atoms with Crippen molar-refractivity contribution in [3.63, 3.8) is 0 Å². The molecule has 0 aliphatic carbocycles. The van der Waals surface area contributed by atoms with E-state index in [2.05, 4.69) is 33.6 Å². The van der Waals surface area contributed by atoms with E-state index in [0.717, 1.165) is 23.2 Å². The number of nitrogens with zero attached hydrogens (tertiary/aromatic N) is 2. The average molecular weight is 376 g/mol. The van der Waals surface area contributed by atoms with Crippen molar-refractivity contribution in [2.24, 2.45) is 0 Å². The van der Waals surface area contributed by atoms with E-state index in [1.807, 2.05) is 50.2 Å². The Hall–Kier alpha value is -3.41. The number of rotatable bonds is 6. The standard InChI is InChI=1S/C22H24N4O2/c1-5-16-8-6-7-9-17(16)25-22-23-15(3)13-19(26-22)21(27)24-18-12-14(2)10-11-20(18)28-4/h6-13H,5H2,1-4H3,(H,24,27)(H,23,25,26). The monoisotopic (exact) mass is 376 g/mol. The van der Waals surface area contributed by atoms with E-state index in [1.165, 1.54) is 0 Å². The lowest BCUT2D eigenvalue weighted by Gasteiger charge is -2.13. The topological polar surface area (TPSA) is 76.1 Å². The zero-order valence-electron chi connectivity index (χ0n) is 16.5. The van der Waals surface area contributed by atoms with Crippen LogP contribution in [-0.2, 0) is 6.42 Å². The molecule has 1 amide bonds. The van der Waals surface area contributed by atoms with Gasteiger partial charge in [0, 0.05) is 11.4 Å². The molecule has 144 valence electrons. The summed E-state index contributed by atoms with van der Waals surface area (Å²) < 4.78 is 5.33. The van der Waals surface area contributed by atoms with Gasteiger partial charge in [0.2, 0.25) is 5.95 Å². The minimum atomic E-state index is -0.318. The van der Waals surface area contributed by atoms with Crippen molar-refractivity contribution in [2.75, 3.05) is 17.7 Å². The van der Waals surface area contributed by atoms with Crippen LogP contribution in [0.25, 0.3) is 0 Å². The van der Waals surface area contributed by atoms with Crippen LogP contribution in [0.2, 0.25) is 0 Å². The third kappa shape index (κ3) is 4.46. The number of amides is 1. The van der Waals surface area contributed by atoms with Gasteiger partial charge in [-0.15, -0.1) is 0 Å². The molecule has 0 saturated heterocycles. The number of aromatic nitrogens is 2. The molecular weight excluding hydrogens is 352 g/mol. The Morgan fingerprint density at radius 3 is 2.57 bits per heavy atom. The molecule has 1 heterocycles. The second-order valence-electron chi connectivity index (χ2n) is 6.51. The van der Waals surface area contributed by atoms with Gasteiger partial charge in [0.15, 0.2) is 0 Å². The summed E-state index contributed by atoms with van der Waals surface area (Å²) in [6.07, 6.45) is 0.884. The zero-order valence-corrected chi connectivity index (χ0v) is 16.5. The maximum atomic E-state index is 12.8. The van der Waals surface area contributed by atoms with Crippen molar-refractivity contribution in [1.82, 2.24) is 9.97 Å². The SMILES string of the molecule is CCc1ccccc1Nc1nc(C)cc(C(=O)Nc2cc(C)ccc2OC)n1. The number of hydrogen-bond donors (Lipinski definition) is 2. The van der Waals surface area contributed by atoms with Crippen LogP contribution >= 0.6 is 0 Å². The van der Waals surface area contributed by atoms with Crippen molar-refractivity contribution >= 4 is 23.2 Å². The first-order valence-electron chi connectivity index (χ1n) is 9.16. The third-order valence-corrected chi connectivity index (χ3v) is 4.33. The predicted octanol–water partition coefficient (Wildman–Crippen LogP) is 4.66. The highest BCUT2D eigenvalue weighted by Gasteiger charge is 2.14. The number of hydrogen-bond acceptors (Lipinski definition) is 5. The van der Waals surface area contributed by atoms with Crippen molar-refractivity contribution in [1.29, 1.82) is 0 Å². The van der Waals surface area contributed by atoms with Crippen LogP contribution in [0, 0.1) is 13.8 Å². The number of carbonyl (C=O) groups excluding carboxylic acids is 1. The van der Waals surface area contributed by atoms with Gasteiger partial charge in [-0.05, 0) is 55.7 Å². The molecule has 0 spiro atoms. The molecule has 0 unspecified atom stereocenters. The van der Waals surface area contributed by atoms with E-state index >= 15 is 0 Å². The highest BCUT2D eigenvalue weighted by Crippen LogP contribution is 2.26. The quantitative estimate of drug-likeness (QED) is 0.654. The van der Waals surface area contributed by atoms with Gasteiger partial charge in [0.05, 0.1) is 12.8 Å². The number of aryl methyl sites for hydroxylation is 3. The zero-order chi connectivity index (χ0) is 20.1. The third-order valence-electron chi connectivity index (χ3n) is 4.33. The molecule has 6 nitrogen and oxygen atoms in total. The van der Waals surface area contributed by atoms with Crippen molar-refractivity contribution in [3.8, 4) is 5.75 Å². The Morgan fingerprint density at radius 1 is 1.04 bits per heavy atom. The average Bonchev–Trinajstić information content (AvgIpc) is 2.68. The van der Waals surface area contributed by atoms with Gasteiger partial charge in [-0.25, -0.2) is 9.97 Å². The molecule has 0 saturated carbocycles. The summed E-state index contributed by atoms with van der Waals surface area (Å²) in [7, 11) is 1.57. The molecule has 6 heteroatoms. The minimum Gasteiger partial charge on any atom is -0.495 e. The molecule has 2 aromatic carbocycles. The fraction of sp³-hybridized carbons (Fsp3) is 0.227. The van der Waals surface area contributed by atoms with Gasteiger partial charge in [-0.3, -0.25) is 4.79 Å². The molecule has 28 heavy (non-hydrogen) atoms. The van der Waals surface area contributed by atoms with Gasteiger partial charge >= 0.3 is 0 Å². The maximum Gasteiger partial charge on any atom is 0.274 e. The van der Waals surface area contributed by atoms with Crippen LogP contribution in [0.15, 0.2) is 48.5 Å². The Balaban J connectivity index is 1.87. The molecule has 0 atom stereocenters. The summed E-state index contributed by atoms with van der Waals surface area (Å²) in [5, 5.41) is 6.11. The molecule has 0 aliphatic heterocycles. The first kappa shape index (κ1) is 19.4. The Morgan fingerprint density at radius 2 is 1.82 bits per heavy atom. The highest BCUT2D eigenvalue weighted by atomic mass is 16.5. The molecule has 1 aromatic heterocycles. The minimum absolute atomic E-state index is 0.285. The van der Waals surface area contributed by atoms with Crippen LogP contribution < -0.4 is 15.4 Å². The largest absolute Gasteiger partial charge is 0.495 e. The number of nitrogens with one attached hydrogen (secondary N) is 2. The Bertz CT molecular complexity index is 1000. The molecule has 3 rings (SSSR count). The van der Waals surface area contributed by atoms with Gasteiger partial charge in [0.1, 0.15) is 11.4 Å². The maximum absolute atomic E-state index is 12.8. The summed E-state index contributed by atoms with van der Waals surface area (Å²) in [6.45, 7) is 5.88. The van der Waals surface area contributed by atoms with Crippen LogP contribution in [-0.4, -0.2) is 23.0 Å². The van der Waals surface area contributed by atoms with Crippen LogP contribution in [0.5, 0.6) is 5.75 Å². The molecule has 0 radical (unpaired) electrons. The van der Waals surface area contributed by atoms with Gasteiger partial charge in [-0.1, -0.05) is 31.2 Å². The predicted molar refractivity (Wildman–Crippen MR) is 112 cm³/mol. The lowest BCUT2D eigenvalue weighted by Crippen LogP contribution is -2.16. The fourth-order valence-electron chi connectivity index (χ4n) is 2.92. The van der Waals surface area contributed by atoms with E-state index in [1.54, 1.807) is 13.2 Å². The van der Waals surface area contributed by atoms with E-state index in [4.69, 9.17) is 4.74 Å². The summed E-state index contributed by atoms with van der Waals surface area (Å²) in [6, 6.07) is 15.2. The second-order valence-corrected chi connectivity index (χ2v) is 6.51. The Labute approximate surface area is 165 Å². The summed E-state index contributed by atoms with van der Waals surface area (Å²) in [5.74, 6) is 0.670. The van der Waals surface area contributed by atoms with Gasteiger partial charge in [0.25, 0.3) is 5.91 Å². The van der Waals surface area contributed by atoms with Crippen LogP contribution in [0.3, 0.4) is 0 Å². The highest BCUT2D eigenvalue weighted by molar-refractivity contribution is 6.04. The lowest BCUT2D eigenvalue weighted by atomic mass is 10.1. The summed E-state index contributed by atoms with van der Waals surface area (Å²) in [4.78, 5) is 21.6. The van der Waals surface area contributed by atoms with Crippen LogP contribution in [0.4, 0.5) is 17.3 Å². The Kier molecular flexibility index (Phi) is 5.89. The van der Waals surface area contributed by atoms with E-state index < -0.39 is 0 Å². The van der Waals surface area contributed by atoms with Crippen LogP contribution in [0.1, 0.15) is 34.2 Å².